The number of quaternary nitrogens is 1. The van der Waals surface area contributed by atoms with Crippen molar-refractivity contribution in [1.82, 2.24) is 0 Å². The lowest BCUT2D eigenvalue weighted by molar-refractivity contribution is -0.886. The molecule has 0 saturated carbocycles. The molecule has 20 heavy (non-hydrogen) atoms. The summed E-state index contributed by atoms with van der Waals surface area (Å²) in [5, 5.41) is 2.90. The Morgan fingerprint density at radius 3 is 2.65 bits per heavy atom. The summed E-state index contributed by atoms with van der Waals surface area (Å²) in [5.74, 6) is 1.37. The largest absolute Gasteiger partial charge is 0.497 e. The molecule has 1 heterocycles. The van der Waals surface area contributed by atoms with Crippen LogP contribution in [0.5, 0.6) is 11.5 Å². The van der Waals surface area contributed by atoms with Gasteiger partial charge >= 0.3 is 0 Å². The van der Waals surface area contributed by atoms with Crippen LogP contribution in [0.25, 0.3) is 0 Å². The first-order valence-corrected chi connectivity index (χ1v) is 7.08. The van der Waals surface area contributed by atoms with E-state index in [0.29, 0.717) is 23.6 Å². The zero-order valence-electron chi connectivity index (χ0n) is 12.2. The second-order valence-electron chi connectivity index (χ2n) is 5.07. The van der Waals surface area contributed by atoms with Gasteiger partial charge in [0.1, 0.15) is 11.5 Å². The number of carbonyl (C=O) groups is 1. The van der Waals surface area contributed by atoms with Gasteiger partial charge in [-0.15, -0.1) is 0 Å². The van der Waals surface area contributed by atoms with Crippen molar-refractivity contribution in [2.75, 3.05) is 39.2 Å². The molecule has 1 aromatic carbocycles. The lowest BCUT2D eigenvalue weighted by atomic mass is 10.2. The highest BCUT2D eigenvalue weighted by Gasteiger charge is 2.17. The molecule has 5 nitrogen and oxygen atoms in total. The minimum Gasteiger partial charge on any atom is -0.497 e. The Balaban J connectivity index is 1.91. The van der Waals surface area contributed by atoms with E-state index in [1.807, 2.05) is 6.07 Å². The normalized spacial score (nSPS) is 15.1. The zero-order valence-corrected chi connectivity index (χ0v) is 12.2. The third kappa shape index (κ3) is 3.87. The average Bonchev–Trinajstić information content (AvgIpc) is 2.98. The number of amides is 1. The molecular formula is C15H23N2O3+. The minimum absolute atomic E-state index is 0.0240. The van der Waals surface area contributed by atoms with Gasteiger partial charge < -0.3 is 19.7 Å². The molecule has 0 aromatic heterocycles. The molecule has 0 bridgehead atoms. The summed E-state index contributed by atoms with van der Waals surface area (Å²) in [4.78, 5) is 13.5. The molecule has 0 aliphatic carbocycles. The number of anilines is 1. The number of hydrogen-bond acceptors (Lipinski definition) is 3. The number of carbonyl (C=O) groups excluding carboxylic acids is 1. The van der Waals surface area contributed by atoms with Gasteiger partial charge in [0.15, 0.2) is 0 Å². The summed E-state index contributed by atoms with van der Waals surface area (Å²) in [7, 11) is 3.19. The molecule has 1 aliphatic rings. The van der Waals surface area contributed by atoms with Gasteiger partial charge in [0, 0.05) is 18.9 Å². The molecule has 1 fully saturated rings. The Morgan fingerprint density at radius 2 is 2.00 bits per heavy atom. The highest BCUT2D eigenvalue weighted by molar-refractivity contribution is 5.92. The number of hydrogen-bond donors (Lipinski definition) is 2. The summed E-state index contributed by atoms with van der Waals surface area (Å²) in [6, 6.07) is 5.38. The Morgan fingerprint density at radius 1 is 1.25 bits per heavy atom. The van der Waals surface area contributed by atoms with Crippen molar-refractivity contribution in [3.8, 4) is 11.5 Å². The standard InChI is InChI=1S/C15H22N2O3/c1-19-12-5-6-14(20-2)13(11-12)16-15(18)7-10-17-8-3-4-9-17/h5-6,11H,3-4,7-10H2,1-2H3,(H,16,18)/p+1. The van der Waals surface area contributed by atoms with Gasteiger partial charge in [-0.25, -0.2) is 0 Å². The fraction of sp³-hybridized carbons (Fsp3) is 0.533. The Hall–Kier alpha value is -1.75. The van der Waals surface area contributed by atoms with Crippen LogP contribution in [0.2, 0.25) is 0 Å². The molecular weight excluding hydrogens is 256 g/mol. The molecule has 0 atom stereocenters. The minimum atomic E-state index is 0.0240. The predicted molar refractivity (Wildman–Crippen MR) is 77.6 cm³/mol. The Kier molecular flexibility index (Phi) is 5.24. The van der Waals surface area contributed by atoms with Crippen molar-refractivity contribution in [1.29, 1.82) is 0 Å². The quantitative estimate of drug-likeness (QED) is 0.806. The molecule has 2 N–H and O–H groups in total. The van der Waals surface area contributed by atoms with Crippen LogP contribution in [0, 0.1) is 0 Å². The molecule has 0 radical (unpaired) electrons. The van der Waals surface area contributed by atoms with Crippen molar-refractivity contribution in [2.45, 2.75) is 19.3 Å². The van der Waals surface area contributed by atoms with Crippen molar-refractivity contribution < 1.29 is 19.2 Å². The summed E-state index contributed by atoms with van der Waals surface area (Å²) in [6.45, 7) is 3.28. The van der Waals surface area contributed by atoms with Crippen LogP contribution in [0.15, 0.2) is 18.2 Å². The maximum Gasteiger partial charge on any atom is 0.230 e. The highest BCUT2D eigenvalue weighted by atomic mass is 16.5. The monoisotopic (exact) mass is 279 g/mol. The highest BCUT2D eigenvalue weighted by Crippen LogP contribution is 2.28. The fourth-order valence-corrected chi connectivity index (χ4v) is 2.54. The van der Waals surface area contributed by atoms with Crippen molar-refractivity contribution >= 4 is 11.6 Å². The number of rotatable bonds is 6. The molecule has 0 spiro atoms. The van der Waals surface area contributed by atoms with E-state index in [-0.39, 0.29) is 5.91 Å². The van der Waals surface area contributed by atoms with Crippen LogP contribution in [0.4, 0.5) is 5.69 Å². The first-order chi connectivity index (χ1) is 9.72. The van der Waals surface area contributed by atoms with Gasteiger partial charge in [-0.3, -0.25) is 4.79 Å². The van der Waals surface area contributed by atoms with Gasteiger partial charge in [0.25, 0.3) is 0 Å². The van der Waals surface area contributed by atoms with Gasteiger partial charge in [0.05, 0.1) is 46.0 Å². The first-order valence-electron chi connectivity index (χ1n) is 7.08. The molecule has 0 unspecified atom stereocenters. The SMILES string of the molecule is COc1ccc(OC)c(NC(=O)CC[NH+]2CCCC2)c1. The smallest absolute Gasteiger partial charge is 0.230 e. The number of ether oxygens (including phenoxy) is 2. The van der Waals surface area contributed by atoms with Crippen LogP contribution in [-0.4, -0.2) is 39.8 Å². The van der Waals surface area contributed by atoms with E-state index >= 15 is 0 Å². The molecule has 1 saturated heterocycles. The van der Waals surface area contributed by atoms with Crippen LogP contribution in [0.3, 0.4) is 0 Å². The maximum absolute atomic E-state index is 12.0. The fourth-order valence-electron chi connectivity index (χ4n) is 2.54. The van der Waals surface area contributed by atoms with Crippen LogP contribution in [-0.2, 0) is 4.79 Å². The molecule has 1 aliphatic heterocycles. The second kappa shape index (κ2) is 7.14. The van der Waals surface area contributed by atoms with E-state index in [1.54, 1.807) is 26.4 Å². The van der Waals surface area contributed by atoms with E-state index < -0.39 is 0 Å². The third-order valence-corrected chi connectivity index (χ3v) is 3.70. The molecule has 5 heteroatoms. The van der Waals surface area contributed by atoms with Gasteiger partial charge in [-0.2, -0.15) is 0 Å². The summed E-state index contributed by atoms with van der Waals surface area (Å²) in [6.07, 6.45) is 3.09. The second-order valence-corrected chi connectivity index (χ2v) is 5.07. The van der Waals surface area contributed by atoms with Crippen molar-refractivity contribution in [3.05, 3.63) is 18.2 Å². The topological polar surface area (TPSA) is 52.0 Å². The first kappa shape index (κ1) is 14.7. The number of nitrogens with one attached hydrogen (secondary N) is 2. The van der Waals surface area contributed by atoms with E-state index in [4.69, 9.17) is 9.47 Å². The lowest BCUT2D eigenvalue weighted by Gasteiger charge is -2.13. The summed E-state index contributed by atoms with van der Waals surface area (Å²) in [5.41, 5.74) is 0.660. The average molecular weight is 279 g/mol. The van der Waals surface area contributed by atoms with Gasteiger partial charge in [0.2, 0.25) is 5.91 Å². The van der Waals surface area contributed by atoms with Gasteiger partial charge in [-0.1, -0.05) is 0 Å². The summed E-state index contributed by atoms with van der Waals surface area (Å²) >= 11 is 0. The number of likely N-dealkylation sites (tertiary alicyclic amines) is 1. The van der Waals surface area contributed by atoms with E-state index in [1.165, 1.54) is 30.8 Å². The Bertz CT molecular complexity index is 456. The molecule has 110 valence electrons. The van der Waals surface area contributed by atoms with Crippen LogP contribution < -0.4 is 19.7 Å². The van der Waals surface area contributed by atoms with Crippen LogP contribution in [0.1, 0.15) is 19.3 Å². The lowest BCUT2D eigenvalue weighted by Crippen LogP contribution is -3.10. The predicted octanol–water partition coefficient (Wildman–Crippen LogP) is 0.711. The maximum atomic E-state index is 12.0. The van der Waals surface area contributed by atoms with Crippen molar-refractivity contribution in [3.63, 3.8) is 0 Å². The molecule has 2 rings (SSSR count). The van der Waals surface area contributed by atoms with Crippen LogP contribution >= 0.6 is 0 Å². The van der Waals surface area contributed by atoms with E-state index in [9.17, 15) is 4.79 Å². The van der Waals surface area contributed by atoms with Crippen molar-refractivity contribution in [2.24, 2.45) is 0 Å². The third-order valence-electron chi connectivity index (χ3n) is 3.70. The van der Waals surface area contributed by atoms with E-state index in [0.717, 1.165) is 6.54 Å². The molecule has 1 amide bonds. The zero-order chi connectivity index (χ0) is 14.4. The summed E-state index contributed by atoms with van der Waals surface area (Å²) < 4.78 is 10.4. The van der Waals surface area contributed by atoms with E-state index in [2.05, 4.69) is 5.32 Å². The van der Waals surface area contributed by atoms with Gasteiger partial charge in [-0.05, 0) is 12.1 Å². The Labute approximate surface area is 119 Å². The number of benzene rings is 1. The number of methoxy groups -OCH3 is 2. The molecule has 1 aromatic rings.